The first-order chi connectivity index (χ1) is 6.93. The molecular weight excluding hydrogens is 172 g/mol. The number of fused-ring (bicyclic) bond motifs is 1. The molecule has 0 radical (unpaired) electrons. The largest absolute Gasteiger partial charge is 0.493 e. The molecule has 0 N–H and O–H groups in total. The lowest BCUT2D eigenvalue weighted by Gasteiger charge is -2.25. The lowest BCUT2D eigenvalue weighted by atomic mass is 9.88. The first-order valence-corrected chi connectivity index (χ1v) is 5.65. The Kier molecular flexibility index (Phi) is 1.97. The minimum Gasteiger partial charge on any atom is -0.493 e. The summed E-state index contributed by atoms with van der Waals surface area (Å²) < 4.78 is 5.66. The van der Waals surface area contributed by atoms with Crippen molar-refractivity contribution in [1.82, 2.24) is 0 Å². The van der Waals surface area contributed by atoms with Crippen LogP contribution in [0.15, 0.2) is 24.3 Å². The maximum absolute atomic E-state index is 5.66. The van der Waals surface area contributed by atoms with Crippen LogP contribution in [0.2, 0.25) is 0 Å². The van der Waals surface area contributed by atoms with Gasteiger partial charge in [0.25, 0.3) is 0 Å². The van der Waals surface area contributed by atoms with Gasteiger partial charge in [-0.2, -0.15) is 0 Å². The third-order valence-electron chi connectivity index (χ3n) is 3.40. The number of hydrogen-bond acceptors (Lipinski definition) is 1. The Bertz CT molecular complexity index is 328. The molecule has 0 bridgehead atoms. The highest BCUT2D eigenvalue weighted by Crippen LogP contribution is 2.43. The van der Waals surface area contributed by atoms with Crippen LogP contribution in [-0.2, 0) is 0 Å². The minimum absolute atomic E-state index is 0.771. The molecule has 1 aliphatic carbocycles. The van der Waals surface area contributed by atoms with Gasteiger partial charge in [0, 0.05) is 0 Å². The van der Waals surface area contributed by atoms with E-state index in [1.165, 1.54) is 31.2 Å². The van der Waals surface area contributed by atoms with Gasteiger partial charge in [0.2, 0.25) is 0 Å². The van der Waals surface area contributed by atoms with Crippen LogP contribution < -0.4 is 4.74 Å². The van der Waals surface area contributed by atoms with Crippen LogP contribution in [0.4, 0.5) is 0 Å². The van der Waals surface area contributed by atoms with Crippen LogP contribution >= 0.6 is 0 Å². The second kappa shape index (κ2) is 3.30. The summed E-state index contributed by atoms with van der Waals surface area (Å²) >= 11 is 0. The Morgan fingerprint density at radius 1 is 1.14 bits per heavy atom. The zero-order valence-electron chi connectivity index (χ0n) is 8.41. The molecule has 1 heterocycles. The molecule has 1 aliphatic heterocycles. The van der Waals surface area contributed by atoms with Crippen molar-refractivity contribution in [1.29, 1.82) is 0 Å². The summed E-state index contributed by atoms with van der Waals surface area (Å²) in [6.07, 6.45) is 5.52. The fourth-order valence-electron chi connectivity index (χ4n) is 2.42. The fourth-order valence-corrected chi connectivity index (χ4v) is 2.42. The Hall–Kier alpha value is -0.980. The van der Waals surface area contributed by atoms with E-state index in [0.29, 0.717) is 0 Å². The van der Waals surface area contributed by atoms with Crippen molar-refractivity contribution in [3.8, 4) is 5.75 Å². The van der Waals surface area contributed by atoms with E-state index in [-0.39, 0.29) is 0 Å². The summed E-state index contributed by atoms with van der Waals surface area (Å²) in [6.45, 7) is 0.911. The molecule has 1 saturated carbocycles. The van der Waals surface area contributed by atoms with Crippen LogP contribution in [0.25, 0.3) is 0 Å². The smallest absolute Gasteiger partial charge is 0.122 e. The van der Waals surface area contributed by atoms with Crippen molar-refractivity contribution in [3.05, 3.63) is 29.8 Å². The van der Waals surface area contributed by atoms with Gasteiger partial charge >= 0.3 is 0 Å². The second-order valence-corrected chi connectivity index (χ2v) is 4.55. The second-order valence-electron chi connectivity index (χ2n) is 4.55. The van der Waals surface area contributed by atoms with Gasteiger partial charge in [0.15, 0.2) is 0 Å². The van der Waals surface area contributed by atoms with Gasteiger partial charge in [-0.15, -0.1) is 0 Å². The van der Waals surface area contributed by atoms with E-state index in [2.05, 4.69) is 24.3 Å². The number of ether oxygens (including phenoxy) is 1. The highest BCUT2D eigenvalue weighted by atomic mass is 16.5. The molecule has 0 amide bonds. The van der Waals surface area contributed by atoms with Crippen LogP contribution in [-0.4, -0.2) is 6.61 Å². The molecule has 1 aromatic carbocycles. The molecule has 1 heteroatoms. The van der Waals surface area contributed by atoms with E-state index < -0.39 is 0 Å². The van der Waals surface area contributed by atoms with Gasteiger partial charge in [-0.05, 0) is 36.3 Å². The number of benzene rings is 1. The molecule has 1 nitrogen and oxygen atoms in total. The van der Waals surface area contributed by atoms with Gasteiger partial charge in [-0.1, -0.05) is 31.0 Å². The zero-order valence-corrected chi connectivity index (χ0v) is 8.41. The molecule has 0 saturated heterocycles. The highest BCUT2D eigenvalue weighted by molar-refractivity contribution is 5.37. The molecule has 2 aliphatic rings. The van der Waals surface area contributed by atoms with Crippen molar-refractivity contribution in [2.45, 2.75) is 31.6 Å². The number of hydrogen-bond donors (Lipinski definition) is 0. The van der Waals surface area contributed by atoms with Crippen molar-refractivity contribution >= 4 is 0 Å². The van der Waals surface area contributed by atoms with Crippen LogP contribution in [0.1, 0.15) is 37.2 Å². The molecule has 1 unspecified atom stereocenters. The van der Waals surface area contributed by atoms with Crippen molar-refractivity contribution in [2.75, 3.05) is 6.61 Å². The monoisotopic (exact) mass is 188 g/mol. The van der Waals surface area contributed by atoms with Crippen LogP contribution in [0.3, 0.4) is 0 Å². The normalized spacial score (nSPS) is 25.3. The maximum atomic E-state index is 5.66. The van der Waals surface area contributed by atoms with Gasteiger partial charge in [-0.25, -0.2) is 0 Å². The van der Waals surface area contributed by atoms with Gasteiger partial charge in [0.1, 0.15) is 5.75 Å². The summed E-state index contributed by atoms with van der Waals surface area (Å²) in [5.74, 6) is 2.92. The highest BCUT2D eigenvalue weighted by Gasteiger charge is 2.29. The van der Waals surface area contributed by atoms with Gasteiger partial charge in [-0.3, -0.25) is 0 Å². The van der Waals surface area contributed by atoms with Crippen LogP contribution in [0, 0.1) is 5.92 Å². The van der Waals surface area contributed by atoms with E-state index in [1.54, 1.807) is 0 Å². The van der Waals surface area contributed by atoms with E-state index in [0.717, 1.165) is 24.2 Å². The SMILES string of the molecule is c1ccc2c(c1)OCCC2CC1CC1. The summed E-state index contributed by atoms with van der Waals surface area (Å²) in [5, 5.41) is 0. The van der Waals surface area contributed by atoms with Crippen molar-refractivity contribution in [2.24, 2.45) is 5.92 Å². The van der Waals surface area contributed by atoms with E-state index in [9.17, 15) is 0 Å². The minimum atomic E-state index is 0.771. The average Bonchev–Trinajstić information content (AvgIpc) is 3.03. The average molecular weight is 188 g/mol. The predicted octanol–water partition coefficient (Wildman–Crippen LogP) is 3.35. The topological polar surface area (TPSA) is 9.23 Å². The van der Waals surface area contributed by atoms with Crippen molar-refractivity contribution in [3.63, 3.8) is 0 Å². The number of rotatable bonds is 2. The standard InChI is InChI=1S/C13H16O/c1-2-4-13-12(3-1)11(7-8-14-13)9-10-5-6-10/h1-4,10-11H,5-9H2. The third kappa shape index (κ3) is 1.52. The Morgan fingerprint density at radius 3 is 2.86 bits per heavy atom. The van der Waals surface area contributed by atoms with E-state index in [4.69, 9.17) is 4.74 Å². The molecule has 14 heavy (non-hydrogen) atoms. The molecule has 0 spiro atoms. The molecule has 1 aromatic rings. The van der Waals surface area contributed by atoms with E-state index >= 15 is 0 Å². The van der Waals surface area contributed by atoms with Crippen molar-refractivity contribution < 1.29 is 4.74 Å². The quantitative estimate of drug-likeness (QED) is 0.691. The van der Waals surface area contributed by atoms with Crippen LogP contribution in [0.5, 0.6) is 5.75 Å². The Morgan fingerprint density at radius 2 is 2.00 bits per heavy atom. The van der Waals surface area contributed by atoms with Gasteiger partial charge < -0.3 is 4.74 Å². The summed E-state index contributed by atoms with van der Waals surface area (Å²) in [4.78, 5) is 0. The maximum Gasteiger partial charge on any atom is 0.122 e. The molecule has 1 atom stereocenters. The Balaban J connectivity index is 1.85. The third-order valence-corrected chi connectivity index (χ3v) is 3.40. The Labute approximate surface area is 85.1 Å². The zero-order chi connectivity index (χ0) is 9.38. The van der Waals surface area contributed by atoms with Gasteiger partial charge in [0.05, 0.1) is 6.61 Å². The lowest BCUT2D eigenvalue weighted by molar-refractivity contribution is 0.260. The molecule has 1 fully saturated rings. The number of para-hydroxylation sites is 1. The predicted molar refractivity (Wildman–Crippen MR) is 56.6 cm³/mol. The summed E-state index contributed by atoms with van der Waals surface area (Å²) in [6, 6.07) is 8.54. The molecule has 0 aromatic heterocycles. The fraction of sp³-hybridized carbons (Fsp3) is 0.538. The summed E-state index contributed by atoms with van der Waals surface area (Å²) in [7, 11) is 0. The molecule has 74 valence electrons. The molecule has 3 rings (SSSR count). The summed E-state index contributed by atoms with van der Waals surface area (Å²) in [5.41, 5.74) is 1.45. The first-order valence-electron chi connectivity index (χ1n) is 5.65. The lowest BCUT2D eigenvalue weighted by Crippen LogP contribution is -2.14. The van der Waals surface area contributed by atoms with E-state index in [1.807, 2.05) is 0 Å². The molecular formula is C13H16O. The first kappa shape index (κ1) is 8.34.